The minimum atomic E-state index is 0.0413. The molecule has 2 aromatic heterocycles. The Hall–Kier alpha value is -1.75. The molecule has 3 rings (SSSR count). The van der Waals surface area contributed by atoms with E-state index in [1.165, 1.54) is 6.33 Å². The Morgan fingerprint density at radius 3 is 3.04 bits per heavy atom. The van der Waals surface area contributed by atoms with Gasteiger partial charge in [-0.15, -0.1) is 0 Å². The van der Waals surface area contributed by atoms with Crippen LogP contribution in [0.4, 0.5) is 5.82 Å². The summed E-state index contributed by atoms with van der Waals surface area (Å²) in [5.41, 5.74) is 6.67. The van der Waals surface area contributed by atoms with Gasteiger partial charge in [0, 0.05) is 25.7 Å². The fourth-order valence-electron chi connectivity index (χ4n) is 2.82. The molecular weight excluding hydrogens is 421 g/mol. The van der Waals surface area contributed by atoms with E-state index in [1.807, 2.05) is 34.7 Å². The molecule has 1 amide bonds. The van der Waals surface area contributed by atoms with E-state index in [2.05, 4.69) is 37.7 Å². The van der Waals surface area contributed by atoms with Crippen molar-refractivity contribution in [3.05, 3.63) is 22.2 Å². The number of nitrogen functional groups attached to an aromatic ring is 1. The fourth-order valence-corrected chi connectivity index (χ4v) is 3.57. The molecule has 0 radical (unpaired) electrons. The molecule has 0 aliphatic carbocycles. The number of likely N-dealkylation sites (tertiary alicyclic amines) is 1. The Kier molecular flexibility index (Phi) is 4.99. The average Bonchev–Trinajstić information content (AvgIpc) is 3.12. The smallest absolute Gasteiger partial charge is 0.246 e. The number of carbonyl (C=O) groups excluding carboxylic acids is 1. The van der Waals surface area contributed by atoms with Gasteiger partial charge in [0.25, 0.3) is 0 Å². The van der Waals surface area contributed by atoms with Gasteiger partial charge in [-0.25, -0.2) is 14.6 Å². The van der Waals surface area contributed by atoms with Crippen LogP contribution in [0.1, 0.15) is 12.5 Å². The first-order valence-electron chi connectivity index (χ1n) is 7.71. The molecule has 0 unspecified atom stereocenters. The number of amides is 1. The summed E-state index contributed by atoms with van der Waals surface area (Å²) in [6.07, 6.45) is 5.83. The van der Waals surface area contributed by atoms with Crippen LogP contribution in [0.5, 0.6) is 0 Å². The lowest BCUT2D eigenvalue weighted by Crippen LogP contribution is -2.28. The van der Waals surface area contributed by atoms with Crippen LogP contribution < -0.4 is 5.73 Å². The van der Waals surface area contributed by atoms with Crippen LogP contribution in [-0.2, 0) is 4.79 Å². The van der Waals surface area contributed by atoms with E-state index in [0.29, 0.717) is 18.9 Å². The highest BCUT2D eigenvalue weighted by molar-refractivity contribution is 14.1. The maximum absolute atomic E-state index is 12.3. The van der Waals surface area contributed by atoms with E-state index >= 15 is 0 Å². The quantitative estimate of drug-likeness (QED) is 0.560. The van der Waals surface area contributed by atoms with Gasteiger partial charge in [0.2, 0.25) is 5.91 Å². The predicted octanol–water partition coefficient (Wildman–Crippen LogP) is 0.904. The third-order valence-electron chi connectivity index (χ3n) is 4.03. The van der Waals surface area contributed by atoms with Crippen molar-refractivity contribution < 1.29 is 4.79 Å². The van der Waals surface area contributed by atoms with E-state index in [-0.39, 0.29) is 11.9 Å². The molecule has 8 nitrogen and oxygen atoms in total. The number of nitrogens with zero attached hydrogens (tertiary/aromatic N) is 6. The number of aromatic nitrogens is 4. The number of hydrogen-bond acceptors (Lipinski definition) is 6. The molecule has 2 aromatic rings. The Morgan fingerprint density at radius 2 is 2.29 bits per heavy atom. The third-order valence-corrected chi connectivity index (χ3v) is 4.78. The number of nitrogens with two attached hydrogens (primary N) is 1. The molecule has 1 aliphatic heterocycles. The monoisotopic (exact) mass is 441 g/mol. The first kappa shape index (κ1) is 17.1. The zero-order valence-corrected chi connectivity index (χ0v) is 15.8. The highest BCUT2D eigenvalue weighted by Crippen LogP contribution is 2.29. The summed E-state index contributed by atoms with van der Waals surface area (Å²) in [5.74, 6) is 0.479. The van der Waals surface area contributed by atoms with E-state index in [0.717, 1.165) is 27.7 Å². The molecule has 3 heterocycles. The molecule has 128 valence electrons. The van der Waals surface area contributed by atoms with E-state index in [4.69, 9.17) is 5.73 Å². The van der Waals surface area contributed by atoms with Crippen molar-refractivity contribution in [1.29, 1.82) is 0 Å². The number of likely N-dealkylation sites (N-methyl/N-ethyl adjacent to an activating group) is 1. The van der Waals surface area contributed by atoms with Crippen LogP contribution in [0.15, 0.2) is 18.5 Å². The van der Waals surface area contributed by atoms with Crippen molar-refractivity contribution in [2.75, 3.05) is 39.5 Å². The second kappa shape index (κ2) is 7.01. The van der Waals surface area contributed by atoms with Gasteiger partial charge in [-0.1, -0.05) is 6.08 Å². The van der Waals surface area contributed by atoms with Gasteiger partial charge in [-0.05, 0) is 43.1 Å². The molecule has 24 heavy (non-hydrogen) atoms. The lowest BCUT2D eigenvalue weighted by molar-refractivity contribution is -0.125. The highest BCUT2D eigenvalue weighted by Gasteiger charge is 2.29. The lowest BCUT2D eigenvalue weighted by Gasteiger charge is -2.15. The number of rotatable bonds is 4. The first-order valence-corrected chi connectivity index (χ1v) is 8.79. The molecule has 0 saturated carbocycles. The maximum Gasteiger partial charge on any atom is 0.246 e. The largest absolute Gasteiger partial charge is 0.383 e. The SMILES string of the molecule is CN(C)C/C=C/C(=O)N1CC[C@H](n2nc(I)c3c(N)ncnc32)C1. The van der Waals surface area contributed by atoms with Gasteiger partial charge in [0.05, 0.1) is 11.4 Å². The zero-order valence-electron chi connectivity index (χ0n) is 13.7. The molecule has 2 N–H and O–H groups in total. The normalized spacial score (nSPS) is 18.3. The summed E-state index contributed by atoms with van der Waals surface area (Å²) >= 11 is 2.15. The Balaban J connectivity index is 1.76. The molecule has 1 aliphatic rings. The van der Waals surface area contributed by atoms with Gasteiger partial charge in [0.15, 0.2) is 5.65 Å². The number of fused-ring (bicyclic) bond motifs is 1. The third kappa shape index (κ3) is 3.36. The predicted molar refractivity (Wildman–Crippen MR) is 100 cm³/mol. The number of hydrogen-bond donors (Lipinski definition) is 1. The van der Waals surface area contributed by atoms with Crippen LogP contribution in [0.3, 0.4) is 0 Å². The topological polar surface area (TPSA) is 93.2 Å². The molecule has 0 spiro atoms. The summed E-state index contributed by atoms with van der Waals surface area (Å²) in [6.45, 7) is 2.09. The summed E-state index contributed by atoms with van der Waals surface area (Å²) in [6, 6.07) is 0.108. The van der Waals surface area contributed by atoms with Crippen molar-refractivity contribution in [3.8, 4) is 0 Å². The number of anilines is 1. The lowest BCUT2D eigenvalue weighted by atomic mass is 10.2. The van der Waals surface area contributed by atoms with Gasteiger partial charge >= 0.3 is 0 Å². The molecule has 0 bridgehead atoms. The Morgan fingerprint density at radius 1 is 1.50 bits per heavy atom. The molecule has 1 atom stereocenters. The second-order valence-electron chi connectivity index (χ2n) is 6.08. The molecule has 0 aromatic carbocycles. The first-order chi connectivity index (χ1) is 11.5. The highest BCUT2D eigenvalue weighted by atomic mass is 127. The molecule has 1 saturated heterocycles. The van der Waals surface area contributed by atoms with Crippen LogP contribution in [0.25, 0.3) is 11.0 Å². The van der Waals surface area contributed by atoms with Gasteiger partial charge in [-0.3, -0.25) is 4.79 Å². The van der Waals surface area contributed by atoms with Crippen LogP contribution >= 0.6 is 22.6 Å². The zero-order chi connectivity index (χ0) is 17.3. The molecule has 1 fully saturated rings. The number of halogens is 1. The Bertz CT molecular complexity index is 785. The van der Waals surface area contributed by atoms with Crippen molar-refractivity contribution >= 4 is 45.3 Å². The number of carbonyl (C=O) groups is 1. The minimum Gasteiger partial charge on any atom is -0.383 e. The van der Waals surface area contributed by atoms with Gasteiger partial charge in [-0.2, -0.15) is 5.10 Å². The Labute approximate surface area is 153 Å². The average molecular weight is 441 g/mol. The van der Waals surface area contributed by atoms with Crippen LogP contribution in [-0.4, -0.2) is 69.2 Å². The van der Waals surface area contributed by atoms with Gasteiger partial charge in [0.1, 0.15) is 15.8 Å². The van der Waals surface area contributed by atoms with Crippen molar-refractivity contribution in [1.82, 2.24) is 29.5 Å². The minimum absolute atomic E-state index is 0.0413. The van der Waals surface area contributed by atoms with Crippen LogP contribution in [0.2, 0.25) is 0 Å². The van der Waals surface area contributed by atoms with Gasteiger partial charge < -0.3 is 15.5 Å². The van der Waals surface area contributed by atoms with Crippen molar-refractivity contribution in [2.45, 2.75) is 12.5 Å². The van der Waals surface area contributed by atoms with E-state index < -0.39 is 0 Å². The molecular formula is C15H20IN7O. The summed E-state index contributed by atoms with van der Waals surface area (Å²) < 4.78 is 2.67. The second-order valence-corrected chi connectivity index (χ2v) is 7.11. The maximum atomic E-state index is 12.3. The molecule has 9 heteroatoms. The van der Waals surface area contributed by atoms with E-state index in [9.17, 15) is 4.79 Å². The summed E-state index contributed by atoms with van der Waals surface area (Å²) in [4.78, 5) is 24.5. The standard InChI is InChI=1S/C15H20IN7O/c1-21(2)6-3-4-11(24)22-7-5-10(8-22)23-15-12(13(16)20-23)14(17)18-9-19-15/h3-4,9-10H,5-8H2,1-2H3,(H2,17,18,19)/b4-3+/t10-/m0/s1. The summed E-state index contributed by atoms with van der Waals surface area (Å²) in [5, 5.41) is 5.36. The fraction of sp³-hybridized carbons (Fsp3) is 0.467. The van der Waals surface area contributed by atoms with Crippen LogP contribution in [0, 0.1) is 3.70 Å². The van der Waals surface area contributed by atoms with Crippen molar-refractivity contribution in [2.24, 2.45) is 0 Å². The summed E-state index contributed by atoms with van der Waals surface area (Å²) in [7, 11) is 3.94. The van der Waals surface area contributed by atoms with Crippen molar-refractivity contribution in [3.63, 3.8) is 0 Å². The van der Waals surface area contributed by atoms with E-state index in [1.54, 1.807) is 6.08 Å².